The smallest absolute Gasteiger partial charge is 0.259 e. The number of hydrogen-bond acceptors (Lipinski definition) is 3. The fraction of sp³-hybridized carbons (Fsp3) is 0.174. The van der Waals surface area contributed by atoms with Gasteiger partial charge in [-0.3, -0.25) is 14.6 Å². The molecular weight excluding hydrogens is 350 g/mol. The van der Waals surface area contributed by atoms with Crippen LogP contribution in [0.3, 0.4) is 0 Å². The van der Waals surface area contributed by atoms with Crippen LogP contribution in [-0.4, -0.2) is 23.3 Å². The van der Waals surface area contributed by atoms with Crippen LogP contribution in [-0.2, 0) is 6.42 Å². The highest BCUT2D eigenvalue weighted by Gasteiger charge is 2.26. The van der Waals surface area contributed by atoms with Gasteiger partial charge in [0.1, 0.15) is 0 Å². The summed E-state index contributed by atoms with van der Waals surface area (Å²) < 4.78 is 0. The van der Waals surface area contributed by atoms with Crippen molar-refractivity contribution in [1.29, 1.82) is 0 Å². The molecule has 0 bridgehead atoms. The van der Waals surface area contributed by atoms with E-state index < -0.39 is 0 Å². The normalized spacial score (nSPS) is 12.6. The molecule has 1 aliphatic rings. The Morgan fingerprint density at radius 3 is 2.68 bits per heavy atom. The van der Waals surface area contributed by atoms with Crippen molar-refractivity contribution in [2.24, 2.45) is 0 Å². The predicted molar refractivity (Wildman–Crippen MR) is 110 cm³/mol. The fourth-order valence-corrected chi connectivity index (χ4v) is 3.58. The van der Waals surface area contributed by atoms with Crippen molar-refractivity contribution in [3.63, 3.8) is 0 Å². The summed E-state index contributed by atoms with van der Waals surface area (Å²) in [5.74, 6) is -0.231. The molecule has 3 aromatic rings. The zero-order valence-corrected chi connectivity index (χ0v) is 15.9. The molecule has 4 rings (SSSR count). The average Bonchev–Trinajstić information content (AvgIpc) is 3.11. The van der Waals surface area contributed by atoms with E-state index in [2.05, 4.69) is 10.3 Å². The van der Waals surface area contributed by atoms with E-state index in [1.54, 1.807) is 29.4 Å². The van der Waals surface area contributed by atoms with E-state index >= 15 is 0 Å². The Hall–Kier alpha value is -3.47. The summed E-state index contributed by atoms with van der Waals surface area (Å²) >= 11 is 0. The van der Waals surface area contributed by atoms with E-state index in [4.69, 9.17) is 0 Å². The Morgan fingerprint density at radius 2 is 1.93 bits per heavy atom. The predicted octanol–water partition coefficient (Wildman–Crippen LogP) is 4.15. The van der Waals surface area contributed by atoms with Crippen molar-refractivity contribution in [2.45, 2.75) is 20.3 Å². The molecule has 1 N–H and O–H groups in total. The maximum absolute atomic E-state index is 12.8. The highest BCUT2D eigenvalue weighted by atomic mass is 16.2. The third-order valence-corrected chi connectivity index (χ3v) is 5.02. The lowest BCUT2D eigenvalue weighted by Gasteiger charge is -2.18. The Balaban J connectivity index is 1.58. The third kappa shape index (κ3) is 3.39. The molecule has 0 aliphatic carbocycles. The Bertz CT molecular complexity index is 1060. The molecular formula is C23H21N3O2. The summed E-state index contributed by atoms with van der Waals surface area (Å²) in [6, 6.07) is 15.0. The standard InChI is InChI=1S/C23H21N3O2/c1-15-5-8-20(16(2)12-15)22(27)25-19-7-6-17-9-11-26(21(17)13-19)23(28)18-4-3-10-24-14-18/h3-8,10,12-14H,9,11H2,1-2H3,(H,25,27). The number of benzene rings is 2. The number of aromatic nitrogens is 1. The van der Waals surface area contributed by atoms with Gasteiger partial charge in [0.25, 0.3) is 11.8 Å². The molecule has 2 heterocycles. The van der Waals surface area contributed by atoms with Gasteiger partial charge in [0.2, 0.25) is 0 Å². The van der Waals surface area contributed by atoms with Crippen LogP contribution in [0, 0.1) is 13.8 Å². The topological polar surface area (TPSA) is 62.3 Å². The lowest BCUT2D eigenvalue weighted by Crippen LogP contribution is -2.29. The monoisotopic (exact) mass is 371 g/mol. The molecule has 1 aliphatic heterocycles. The number of fused-ring (bicyclic) bond motifs is 1. The second-order valence-electron chi connectivity index (χ2n) is 7.06. The maximum atomic E-state index is 12.8. The molecule has 2 aromatic carbocycles. The van der Waals surface area contributed by atoms with Crippen molar-refractivity contribution in [2.75, 3.05) is 16.8 Å². The second kappa shape index (κ2) is 7.27. The van der Waals surface area contributed by atoms with E-state index in [9.17, 15) is 9.59 Å². The number of rotatable bonds is 3. The number of carbonyl (C=O) groups excluding carboxylic acids is 2. The first-order valence-corrected chi connectivity index (χ1v) is 9.26. The van der Waals surface area contributed by atoms with Crippen LogP contribution in [0.4, 0.5) is 11.4 Å². The minimum atomic E-state index is -0.152. The van der Waals surface area contributed by atoms with Crippen LogP contribution in [0.2, 0.25) is 0 Å². The zero-order chi connectivity index (χ0) is 19.7. The summed E-state index contributed by atoms with van der Waals surface area (Å²) in [4.78, 5) is 31.3. The zero-order valence-electron chi connectivity index (χ0n) is 15.9. The molecule has 1 aromatic heterocycles. The van der Waals surface area contributed by atoms with Crippen LogP contribution < -0.4 is 10.2 Å². The first-order valence-electron chi connectivity index (χ1n) is 9.26. The number of pyridine rings is 1. The van der Waals surface area contributed by atoms with E-state index in [0.717, 1.165) is 28.8 Å². The summed E-state index contributed by atoms with van der Waals surface area (Å²) in [5.41, 5.74) is 5.88. The number of nitrogens with one attached hydrogen (secondary N) is 1. The summed E-state index contributed by atoms with van der Waals surface area (Å²) in [5, 5.41) is 2.96. The van der Waals surface area contributed by atoms with E-state index in [-0.39, 0.29) is 11.8 Å². The molecule has 0 saturated carbocycles. The van der Waals surface area contributed by atoms with Crippen molar-refractivity contribution in [3.8, 4) is 0 Å². The van der Waals surface area contributed by atoms with Gasteiger partial charge in [0.15, 0.2) is 0 Å². The molecule has 0 saturated heterocycles. The van der Waals surface area contributed by atoms with Crippen LogP contribution in [0.15, 0.2) is 60.9 Å². The van der Waals surface area contributed by atoms with Gasteiger partial charge >= 0.3 is 0 Å². The largest absolute Gasteiger partial charge is 0.322 e. The van der Waals surface area contributed by atoms with Gasteiger partial charge in [-0.15, -0.1) is 0 Å². The van der Waals surface area contributed by atoms with Crippen LogP contribution >= 0.6 is 0 Å². The molecule has 2 amide bonds. The second-order valence-corrected chi connectivity index (χ2v) is 7.06. The van der Waals surface area contributed by atoms with Gasteiger partial charge in [-0.25, -0.2) is 0 Å². The van der Waals surface area contributed by atoms with Gasteiger partial charge < -0.3 is 10.2 Å². The van der Waals surface area contributed by atoms with Crippen molar-refractivity contribution in [1.82, 2.24) is 4.98 Å². The number of aryl methyl sites for hydroxylation is 2. The van der Waals surface area contributed by atoms with Gasteiger partial charge in [0.05, 0.1) is 5.56 Å². The van der Waals surface area contributed by atoms with E-state index in [0.29, 0.717) is 23.4 Å². The Morgan fingerprint density at radius 1 is 1.07 bits per heavy atom. The van der Waals surface area contributed by atoms with Gasteiger partial charge in [-0.1, -0.05) is 23.8 Å². The van der Waals surface area contributed by atoms with Gasteiger partial charge in [-0.2, -0.15) is 0 Å². The SMILES string of the molecule is Cc1ccc(C(=O)Nc2ccc3c(c2)N(C(=O)c2cccnc2)CC3)c(C)c1. The molecule has 0 unspecified atom stereocenters. The number of carbonyl (C=O) groups is 2. The van der Waals surface area contributed by atoms with Crippen molar-refractivity contribution >= 4 is 23.2 Å². The average molecular weight is 371 g/mol. The number of hydrogen-bond donors (Lipinski definition) is 1. The van der Waals surface area contributed by atoms with Crippen LogP contribution in [0.5, 0.6) is 0 Å². The third-order valence-electron chi connectivity index (χ3n) is 5.02. The first kappa shape index (κ1) is 17.9. The van der Waals surface area contributed by atoms with Crippen LogP contribution in [0.25, 0.3) is 0 Å². The molecule has 0 atom stereocenters. The maximum Gasteiger partial charge on any atom is 0.259 e. The highest BCUT2D eigenvalue weighted by molar-refractivity contribution is 6.08. The number of nitrogens with zero attached hydrogens (tertiary/aromatic N) is 2. The van der Waals surface area contributed by atoms with Crippen molar-refractivity contribution < 1.29 is 9.59 Å². The minimum absolute atomic E-state index is 0.0790. The Kier molecular flexibility index (Phi) is 4.65. The van der Waals surface area contributed by atoms with Crippen molar-refractivity contribution in [3.05, 3.63) is 88.7 Å². The molecule has 0 radical (unpaired) electrons. The lowest BCUT2D eigenvalue weighted by atomic mass is 10.0. The number of anilines is 2. The molecule has 0 spiro atoms. The van der Waals surface area contributed by atoms with Gasteiger partial charge in [0, 0.05) is 35.9 Å². The van der Waals surface area contributed by atoms with E-state index in [1.165, 1.54) is 0 Å². The molecule has 28 heavy (non-hydrogen) atoms. The lowest BCUT2D eigenvalue weighted by molar-refractivity contribution is 0.0987. The molecule has 140 valence electrons. The molecule has 5 heteroatoms. The van der Waals surface area contributed by atoms with Crippen LogP contribution in [0.1, 0.15) is 37.4 Å². The number of amides is 2. The molecule has 0 fully saturated rings. The summed E-state index contributed by atoms with van der Waals surface area (Å²) in [6.45, 7) is 4.56. The summed E-state index contributed by atoms with van der Waals surface area (Å²) in [7, 11) is 0. The fourth-order valence-electron chi connectivity index (χ4n) is 3.58. The van der Waals surface area contributed by atoms with E-state index in [1.807, 2.05) is 50.2 Å². The van der Waals surface area contributed by atoms with Gasteiger partial charge in [-0.05, 0) is 61.7 Å². The minimum Gasteiger partial charge on any atom is -0.322 e. The first-order chi connectivity index (χ1) is 13.5. The Labute approximate surface area is 164 Å². The summed E-state index contributed by atoms with van der Waals surface area (Å²) in [6.07, 6.45) is 4.02. The molecule has 5 nitrogen and oxygen atoms in total. The highest BCUT2D eigenvalue weighted by Crippen LogP contribution is 2.32. The quantitative estimate of drug-likeness (QED) is 0.752.